The third-order valence-electron chi connectivity index (χ3n) is 2.01. The molecule has 0 aromatic carbocycles. The number of methoxy groups -OCH3 is 1. The molecule has 1 aliphatic heterocycles. The van der Waals surface area contributed by atoms with Gasteiger partial charge in [-0.2, -0.15) is 10.2 Å². The highest BCUT2D eigenvalue weighted by Crippen LogP contribution is 2.37. The van der Waals surface area contributed by atoms with E-state index in [0.29, 0.717) is 19.3 Å². The fourth-order valence-corrected chi connectivity index (χ4v) is 1.07. The molecule has 4 nitrogen and oxygen atoms in total. The van der Waals surface area contributed by atoms with Gasteiger partial charge in [-0.1, -0.05) is 0 Å². The second-order valence-electron chi connectivity index (χ2n) is 2.96. The maximum absolute atomic E-state index is 10.8. The number of ether oxygens (including phenoxy) is 1. The highest BCUT2D eigenvalue weighted by Gasteiger charge is 2.39. The van der Waals surface area contributed by atoms with Gasteiger partial charge in [0.05, 0.1) is 7.11 Å². The fourth-order valence-electron chi connectivity index (χ4n) is 1.07. The molecule has 0 aliphatic carbocycles. The molecule has 0 spiro atoms. The van der Waals surface area contributed by atoms with E-state index in [9.17, 15) is 4.79 Å². The number of hydrogen-bond donors (Lipinski definition) is 0. The minimum Gasteiger partial charge on any atom is -0.469 e. The lowest BCUT2D eigenvalue weighted by Gasteiger charge is -2.06. The molecule has 0 unspecified atom stereocenters. The van der Waals surface area contributed by atoms with Crippen molar-refractivity contribution >= 4 is 5.97 Å². The van der Waals surface area contributed by atoms with Crippen molar-refractivity contribution in [3.05, 3.63) is 0 Å². The van der Waals surface area contributed by atoms with Crippen molar-refractivity contribution in [1.82, 2.24) is 0 Å². The largest absolute Gasteiger partial charge is 0.469 e. The molecular weight excluding hydrogens is 168 g/mol. The van der Waals surface area contributed by atoms with E-state index in [1.54, 1.807) is 0 Å². The number of hydrogen-bond acceptors (Lipinski definition) is 4. The van der Waals surface area contributed by atoms with Crippen molar-refractivity contribution in [2.75, 3.05) is 7.11 Å². The Morgan fingerprint density at radius 1 is 1.54 bits per heavy atom. The molecule has 13 heavy (non-hydrogen) atoms. The van der Waals surface area contributed by atoms with E-state index in [2.05, 4.69) is 20.9 Å². The van der Waals surface area contributed by atoms with E-state index < -0.39 is 0 Å². The van der Waals surface area contributed by atoms with Crippen molar-refractivity contribution in [3.8, 4) is 12.3 Å². The topological polar surface area (TPSA) is 51.0 Å². The third-order valence-corrected chi connectivity index (χ3v) is 2.01. The van der Waals surface area contributed by atoms with Gasteiger partial charge in [-0.3, -0.25) is 4.79 Å². The Morgan fingerprint density at radius 3 is 2.69 bits per heavy atom. The zero-order valence-corrected chi connectivity index (χ0v) is 7.62. The van der Waals surface area contributed by atoms with Gasteiger partial charge in [0.1, 0.15) is 0 Å². The minimum atomic E-state index is -0.361. The van der Waals surface area contributed by atoms with Crippen molar-refractivity contribution in [2.45, 2.75) is 31.3 Å². The summed E-state index contributed by atoms with van der Waals surface area (Å²) >= 11 is 0. The highest BCUT2D eigenvalue weighted by atomic mass is 16.5. The number of terminal acetylenes is 1. The first-order valence-corrected chi connectivity index (χ1v) is 4.17. The average molecular weight is 180 g/mol. The first-order chi connectivity index (χ1) is 6.22. The van der Waals surface area contributed by atoms with Gasteiger partial charge in [-0.15, -0.1) is 12.3 Å². The summed E-state index contributed by atoms with van der Waals surface area (Å²) in [6.07, 6.45) is 7.47. The normalized spacial score (nSPS) is 16.3. The zero-order valence-electron chi connectivity index (χ0n) is 7.62. The number of esters is 1. The van der Waals surface area contributed by atoms with Crippen LogP contribution >= 0.6 is 0 Å². The highest BCUT2D eigenvalue weighted by molar-refractivity contribution is 5.69. The molecule has 1 aliphatic rings. The molecule has 70 valence electrons. The van der Waals surface area contributed by atoms with Gasteiger partial charge in [0, 0.05) is 25.7 Å². The van der Waals surface area contributed by atoms with E-state index in [1.807, 2.05) is 0 Å². The van der Waals surface area contributed by atoms with E-state index in [0.717, 1.165) is 6.42 Å². The van der Waals surface area contributed by atoms with Gasteiger partial charge >= 0.3 is 5.97 Å². The van der Waals surface area contributed by atoms with Crippen LogP contribution in [0.5, 0.6) is 0 Å². The second-order valence-corrected chi connectivity index (χ2v) is 2.96. The number of carbonyl (C=O) groups is 1. The van der Waals surface area contributed by atoms with Gasteiger partial charge < -0.3 is 4.74 Å². The first-order valence-electron chi connectivity index (χ1n) is 4.17. The Bertz CT molecular complexity index is 259. The molecule has 0 bridgehead atoms. The lowest BCUT2D eigenvalue weighted by Crippen LogP contribution is -2.13. The molecular formula is C9H12N2O2. The summed E-state index contributed by atoms with van der Waals surface area (Å²) in [6.45, 7) is 0. The van der Waals surface area contributed by atoms with Crippen LogP contribution in [0.3, 0.4) is 0 Å². The van der Waals surface area contributed by atoms with Crippen molar-refractivity contribution in [1.29, 1.82) is 0 Å². The molecule has 0 radical (unpaired) electrons. The zero-order chi connectivity index (χ0) is 9.73. The Morgan fingerprint density at radius 2 is 2.23 bits per heavy atom. The summed E-state index contributed by atoms with van der Waals surface area (Å²) in [7, 11) is 1.37. The number of rotatable bonds is 5. The minimum absolute atomic E-state index is 0.225. The van der Waals surface area contributed by atoms with E-state index in [4.69, 9.17) is 6.42 Å². The molecule has 0 N–H and O–H groups in total. The van der Waals surface area contributed by atoms with Crippen LogP contribution in [-0.2, 0) is 9.53 Å². The molecule has 0 aromatic heterocycles. The summed E-state index contributed by atoms with van der Waals surface area (Å²) < 4.78 is 4.52. The summed E-state index contributed by atoms with van der Waals surface area (Å²) in [5.41, 5.74) is -0.361. The number of carbonyl (C=O) groups excluding carboxylic acids is 1. The maximum atomic E-state index is 10.8. The van der Waals surface area contributed by atoms with Gasteiger partial charge in [0.2, 0.25) is 0 Å². The standard InChI is InChI=1S/C9H12N2O2/c1-3-4-6-9(10-11-9)7-5-8(12)13-2/h1H,4-7H2,2H3. The average Bonchev–Trinajstić information content (AvgIpc) is 2.92. The molecule has 1 heterocycles. The van der Waals surface area contributed by atoms with Crippen LogP contribution < -0.4 is 0 Å². The van der Waals surface area contributed by atoms with Crippen LogP contribution in [0, 0.1) is 12.3 Å². The Kier molecular flexibility index (Phi) is 3.02. The van der Waals surface area contributed by atoms with Crippen LogP contribution in [-0.4, -0.2) is 18.7 Å². The summed E-state index contributed by atoms with van der Waals surface area (Å²) in [6, 6.07) is 0. The molecule has 4 heteroatoms. The van der Waals surface area contributed by atoms with Crippen LogP contribution in [0.1, 0.15) is 25.7 Å². The Hall–Kier alpha value is -1.37. The van der Waals surface area contributed by atoms with E-state index in [-0.39, 0.29) is 11.6 Å². The smallest absolute Gasteiger partial charge is 0.305 e. The monoisotopic (exact) mass is 180 g/mol. The third kappa shape index (κ3) is 2.86. The fraction of sp³-hybridized carbons (Fsp3) is 0.667. The summed E-state index contributed by atoms with van der Waals surface area (Å²) in [5, 5.41) is 7.80. The Labute approximate surface area is 77.4 Å². The van der Waals surface area contributed by atoms with Crippen LogP contribution in [0.25, 0.3) is 0 Å². The lowest BCUT2D eigenvalue weighted by molar-refractivity contribution is -0.140. The summed E-state index contributed by atoms with van der Waals surface area (Å²) in [5.74, 6) is 2.30. The van der Waals surface area contributed by atoms with Gasteiger partial charge in [-0.05, 0) is 0 Å². The summed E-state index contributed by atoms with van der Waals surface area (Å²) in [4.78, 5) is 10.8. The molecule has 1 rings (SSSR count). The van der Waals surface area contributed by atoms with E-state index in [1.165, 1.54) is 7.11 Å². The quantitative estimate of drug-likeness (QED) is 0.475. The van der Waals surface area contributed by atoms with Gasteiger partial charge in [0.25, 0.3) is 0 Å². The Balaban J connectivity index is 2.21. The molecule has 0 aromatic rings. The SMILES string of the molecule is C#CCCC1(CCC(=O)OC)N=N1. The molecule has 0 saturated heterocycles. The van der Waals surface area contributed by atoms with Crippen LogP contribution in [0.15, 0.2) is 10.2 Å². The van der Waals surface area contributed by atoms with Crippen molar-refractivity contribution in [3.63, 3.8) is 0 Å². The molecule has 0 fully saturated rings. The maximum Gasteiger partial charge on any atom is 0.305 e. The van der Waals surface area contributed by atoms with Crippen LogP contribution in [0.2, 0.25) is 0 Å². The molecule has 0 amide bonds. The van der Waals surface area contributed by atoms with Gasteiger partial charge in [0.15, 0.2) is 5.66 Å². The van der Waals surface area contributed by atoms with Crippen LogP contribution in [0.4, 0.5) is 0 Å². The lowest BCUT2D eigenvalue weighted by atomic mass is 10.0. The molecule has 0 saturated carbocycles. The predicted octanol–water partition coefficient (Wildman–Crippen LogP) is 1.52. The number of nitrogens with zero attached hydrogens (tertiary/aromatic N) is 2. The predicted molar refractivity (Wildman–Crippen MR) is 46.9 cm³/mol. The van der Waals surface area contributed by atoms with E-state index >= 15 is 0 Å². The first kappa shape index (κ1) is 9.72. The molecule has 0 atom stereocenters. The second kappa shape index (κ2) is 4.04. The van der Waals surface area contributed by atoms with Crippen molar-refractivity contribution < 1.29 is 9.53 Å². The van der Waals surface area contributed by atoms with Crippen molar-refractivity contribution in [2.24, 2.45) is 10.2 Å². The van der Waals surface area contributed by atoms with Gasteiger partial charge in [-0.25, -0.2) is 0 Å².